The Balaban J connectivity index is 1.98. The third kappa shape index (κ3) is 1.80. The molecule has 1 aromatic carbocycles. The smallest absolute Gasteiger partial charge is 0.122 e. The molecule has 0 amide bonds. The number of aromatic nitrogens is 1. The largest absolute Gasteiger partial charge is 0.493 e. The number of ether oxygens (including phenoxy) is 1. The highest BCUT2D eigenvalue weighted by molar-refractivity contribution is 5.50. The molecule has 92 valence electrons. The minimum atomic E-state index is -0.746. The lowest BCUT2D eigenvalue weighted by atomic mass is 9.99. The van der Waals surface area contributed by atoms with Crippen LogP contribution in [0, 0.1) is 0 Å². The number of benzene rings is 1. The number of fused-ring (bicyclic) bond motifs is 1. The van der Waals surface area contributed by atoms with Crippen molar-refractivity contribution in [1.82, 2.24) is 4.98 Å². The number of nitrogens with two attached hydrogens (primary N) is 1. The van der Waals surface area contributed by atoms with Crippen LogP contribution < -0.4 is 10.5 Å². The van der Waals surface area contributed by atoms with E-state index < -0.39 is 6.10 Å². The fraction of sp³-hybridized carbons (Fsp3) is 0.214. The van der Waals surface area contributed by atoms with Gasteiger partial charge < -0.3 is 15.6 Å². The summed E-state index contributed by atoms with van der Waals surface area (Å²) >= 11 is 0. The normalized spacial score (nSPS) is 14.9. The summed E-state index contributed by atoms with van der Waals surface area (Å²) in [6.07, 6.45) is 3.36. The van der Waals surface area contributed by atoms with Gasteiger partial charge in [-0.15, -0.1) is 0 Å². The number of anilines is 1. The summed E-state index contributed by atoms with van der Waals surface area (Å²) < 4.78 is 5.44. The first-order chi connectivity index (χ1) is 8.75. The molecule has 0 aliphatic carbocycles. The van der Waals surface area contributed by atoms with Crippen molar-refractivity contribution in [3.05, 3.63) is 53.3 Å². The van der Waals surface area contributed by atoms with E-state index in [1.807, 2.05) is 18.2 Å². The number of aliphatic hydroxyl groups excluding tert-OH is 1. The Kier molecular flexibility index (Phi) is 2.64. The molecule has 1 aliphatic rings. The molecule has 0 saturated carbocycles. The SMILES string of the molecule is Nc1ccncc1C(O)c1ccc2c(c1)CCO2. The fourth-order valence-electron chi connectivity index (χ4n) is 2.20. The summed E-state index contributed by atoms with van der Waals surface area (Å²) in [7, 11) is 0. The highest BCUT2D eigenvalue weighted by Crippen LogP contribution is 2.31. The van der Waals surface area contributed by atoms with E-state index in [0.717, 1.165) is 23.3 Å². The van der Waals surface area contributed by atoms with E-state index in [0.29, 0.717) is 17.9 Å². The average Bonchev–Trinajstić information content (AvgIpc) is 2.85. The van der Waals surface area contributed by atoms with Crippen LogP contribution in [0.5, 0.6) is 5.75 Å². The molecule has 1 aliphatic heterocycles. The Morgan fingerprint density at radius 1 is 1.33 bits per heavy atom. The first kappa shape index (κ1) is 11.0. The van der Waals surface area contributed by atoms with Crippen molar-refractivity contribution in [2.24, 2.45) is 0 Å². The van der Waals surface area contributed by atoms with Crippen LogP contribution in [0.3, 0.4) is 0 Å². The number of hydrogen-bond acceptors (Lipinski definition) is 4. The van der Waals surface area contributed by atoms with Gasteiger partial charge in [0.15, 0.2) is 0 Å². The molecule has 1 atom stereocenters. The second kappa shape index (κ2) is 4.31. The van der Waals surface area contributed by atoms with Crippen molar-refractivity contribution in [3.8, 4) is 5.75 Å². The minimum absolute atomic E-state index is 0.550. The van der Waals surface area contributed by atoms with E-state index in [1.54, 1.807) is 18.5 Å². The van der Waals surface area contributed by atoms with Gasteiger partial charge >= 0.3 is 0 Å². The van der Waals surface area contributed by atoms with Gasteiger partial charge in [0.25, 0.3) is 0 Å². The van der Waals surface area contributed by atoms with Crippen LogP contribution in [0.2, 0.25) is 0 Å². The van der Waals surface area contributed by atoms with Crippen LogP contribution in [0.1, 0.15) is 22.8 Å². The maximum Gasteiger partial charge on any atom is 0.122 e. The molecule has 1 unspecified atom stereocenters. The van der Waals surface area contributed by atoms with E-state index in [2.05, 4.69) is 4.98 Å². The van der Waals surface area contributed by atoms with E-state index in [1.165, 1.54) is 0 Å². The van der Waals surface area contributed by atoms with Gasteiger partial charge in [0, 0.05) is 30.1 Å². The van der Waals surface area contributed by atoms with Crippen LogP contribution in [0.25, 0.3) is 0 Å². The maximum absolute atomic E-state index is 10.3. The Morgan fingerprint density at radius 2 is 2.22 bits per heavy atom. The second-order valence-corrected chi connectivity index (χ2v) is 4.37. The molecule has 2 aromatic rings. The van der Waals surface area contributed by atoms with Crippen molar-refractivity contribution in [1.29, 1.82) is 0 Å². The van der Waals surface area contributed by atoms with Gasteiger partial charge in [0.1, 0.15) is 11.9 Å². The number of hydrogen-bond donors (Lipinski definition) is 2. The third-order valence-corrected chi connectivity index (χ3v) is 3.21. The minimum Gasteiger partial charge on any atom is -0.493 e. The maximum atomic E-state index is 10.3. The molecular formula is C14H14N2O2. The van der Waals surface area contributed by atoms with E-state index in [4.69, 9.17) is 10.5 Å². The Morgan fingerprint density at radius 3 is 3.06 bits per heavy atom. The van der Waals surface area contributed by atoms with Crippen molar-refractivity contribution in [2.45, 2.75) is 12.5 Å². The van der Waals surface area contributed by atoms with E-state index >= 15 is 0 Å². The summed E-state index contributed by atoms with van der Waals surface area (Å²) in [6, 6.07) is 7.42. The number of nitrogens with zero attached hydrogens (tertiary/aromatic N) is 1. The molecular weight excluding hydrogens is 228 g/mol. The molecule has 0 spiro atoms. The van der Waals surface area contributed by atoms with Crippen molar-refractivity contribution >= 4 is 5.69 Å². The van der Waals surface area contributed by atoms with E-state index in [-0.39, 0.29) is 0 Å². The van der Waals surface area contributed by atoms with Gasteiger partial charge in [-0.05, 0) is 29.3 Å². The molecule has 4 nitrogen and oxygen atoms in total. The Hall–Kier alpha value is -2.07. The van der Waals surface area contributed by atoms with Gasteiger partial charge in [-0.25, -0.2) is 0 Å². The van der Waals surface area contributed by atoms with Gasteiger partial charge in [0.05, 0.1) is 6.61 Å². The average molecular weight is 242 g/mol. The number of nitrogen functional groups attached to an aromatic ring is 1. The Bertz CT molecular complexity index is 584. The summed E-state index contributed by atoms with van der Waals surface area (Å²) in [5.41, 5.74) is 8.98. The molecule has 0 bridgehead atoms. The molecule has 4 heteroatoms. The molecule has 0 fully saturated rings. The molecule has 0 saturated heterocycles. The van der Waals surface area contributed by atoms with Crippen molar-refractivity contribution in [2.75, 3.05) is 12.3 Å². The fourth-order valence-corrected chi connectivity index (χ4v) is 2.20. The molecule has 18 heavy (non-hydrogen) atoms. The van der Waals surface area contributed by atoms with Gasteiger partial charge in [-0.1, -0.05) is 6.07 Å². The topological polar surface area (TPSA) is 68.4 Å². The van der Waals surface area contributed by atoms with Crippen LogP contribution in [-0.2, 0) is 6.42 Å². The van der Waals surface area contributed by atoms with Gasteiger partial charge in [0.2, 0.25) is 0 Å². The van der Waals surface area contributed by atoms with Gasteiger partial charge in [-0.2, -0.15) is 0 Å². The summed E-state index contributed by atoms with van der Waals surface area (Å²) in [5, 5.41) is 10.3. The predicted molar refractivity (Wildman–Crippen MR) is 68.4 cm³/mol. The van der Waals surface area contributed by atoms with Gasteiger partial charge in [-0.3, -0.25) is 4.98 Å². The quantitative estimate of drug-likeness (QED) is 0.840. The molecule has 1 aromatic heterocycles. The number of rotatable bonds is 2. The summed E-state index contributed by atoms with van der Waals surface area (Å²) in [4.78, 5) is 4.00. The van der Waals surface area contributed by atoms with Crippen LogP contribution in [0.4, 0.5) is 5.69 Å². The third-order valence-electron chi connectivity index (χ3n) is 3.21. The van der Waals surface area contributed by atoms with Crippen LogP contribution >= 0.6 is 0 Å². The monoisotopic (exact) mass is 242 g/mol. The highest BCUT2D eigenvalue weighted by Gasteiger charge is 2.18. The van der Waals surface area contributed by atoms with Crippen molar-refractivity contribution < 1.29 is 9.84 Å². The zero-order valence-electron chi connectivity index (χ0n) is 9.84. The molecule has 0 radical (unpaired) electrons. The van der Waals surface area contributed by atoms with Crippen LogP contribution in [-0.4, -0.2) is 16.7 Å². The first-order valence-corrected chi connectivity index (χ1v) is 5.89. The first-order valence-electron chi connectivity index (χ1n) is 5.89. The summed E-state index contributed by atoms with van der Waals surface area (Å²) in [6.45, 7) is 0.712. The molecule has 3 rings (SSSR count). The summed E-state index contributed by atoms with van der Waals surface area (Å²) in [5.74, 6) is 0.908. The van der Waals surface area contributed by atoms with Crippen molar-refractivity contribution in [3.63, 3.8) is 0 Å². The lowest BCUT2D eigenvalue weighted by molar-refractivity contribution is 0.220. The zero-order chi connectivity index (χ0) is 12.5. The van der Waals surface area contributed by atoms with E-state index in [9.17, 15) is 5.11 Å². The molecule has 3 N–H and O–H groups in total. The lowest BCUT2D eigenvalue weighted by Gasteiger charge is -2.14. The second-order valence-electron chi connectivity index (χ2n) is 4.37. The number of pyridine rings is 1. The predicted octanol–water partition coefficient (Wildman–Crippen LogP) is 1.68. The zero-order valence-corrected chi connectivity index (χ0v) is 9.84. The standard InChI is InChI=1S/C14H14N2O2/c15-12-3-5-16-8-11(12)14(17)10-1-2-13-9(7-10)4-6-18-13/h1-3,5,7-8,14,17H,4,6H2,(H2,15,16). The molecule has 2 heterocycles. The Labute approximate surface area is 105 Å². The van der Waals surface area contributed by atoms with Crippen LogP contribution in [0.15, 0.2) is 36.7 Å². The lowest BCUT2D eigenvalue weighted by Crippen LogP contribution is -2.04. The number of aliphatic hydroxyl groups is 1. The highest BCUT2D eigenvalue weighted by atomic mass is 16.5.